The van der Waals surface area contributed by atoms with Crippen LogP contribution in [-0.4, -0.2) is 31.4 Å². The van der Waals surface area contributed by atoms with Crippen molar-refractivity contribution in [3.8, 4) is 0 Å². The number of carbonyl (C=O) groups is 1. The Morgan fingerprint density at radius 1 is 1.15 bits per heavy atom. The van der Waals surface area contributed by atoms with Crippen molar-refractivity contribution in [1.29, 1.82) is 0 Å². The van der Waals surface area contributed by atoms with E-state index in [2.05, 4.69) is 5.32 Å². The first kappa shape index (κ1) is 18.8. The Morgan fingerprint density at radius 3 is 2.46 bits per heavy atom. The predicted octanol–water partition coefficient (Wildman–Crippen LogP) is 4.87. The molecule has 3 nitrogen and oxygen atoms in total. The summed E-state index contributed by atoms with van der Waals surface area (Å²) < 4.78 is 27.1. The number of carbonyl (C=O) groups excluding carboxylic acids is 1. The molecule has 0 fully saturated rings. The van der Waals surface area contributed by atoms with Gasteiger partial charge in [-0.15, -0.1) is 11.3 Å². The van der Waals surface area contributed by atoms with Crippen LogP contribution in [0.1, 0.15) is 21.3 Å². The maximum atomic E-state index is 13.4. The van der Waals surface area contributed by atoms with Gasteiger partial charge in [-0.2, -0.15) is 0 Å². The van der Waals surface area contributed by atoms with E-state index in [0.717, 1.165) is 16.9 Å². The second-order valence-electron chi connectivity index (χ2n) is 6.13. The molecule has 1 unspecified atom stereocenters. The summed E-state index contributed by atoms with van der Waals surface area (Å²) in [5, 5.41) is 3.85. The van der Waals surface area contributed by atoms with Crippen LogP contribution in [0.3, 0.4) is 0 Å². The van der Waals surface area contributed by atoms with Gasteiger partial charge in [0.15, 0.2) is 0 Å². The van der Waals surface area contributed by atoms with E-state index in [4.69, 9.17) is 11.6 Å². The van der Waals surface area contributed by atoms with Gasteiger partial charge < -0.3 is 10.2 Å². The predicted molar refractivity (Wildman–Crippen MR) is 102 cm³/mol. The van der Waals surface area contributed by atoms with E-state index in [0.29, 0.717) is 26.5 Å². The number of fused-ring (bicyclic) bond motifs is 1. The quantitative estimate of drug-likeness (QED) is 0.669. The Labute approximate surface area is 159 Å². The van der Waals surface area contributed by atoms with Crippen LogP contribution in [0.15, 0.2) is 42.5 Å². The summed E-state index contributed by atoms with van der Waals surface area (Å²) in [5.74, 6) is -0.989. The van der Waals surface area contributed by atoms with Crippen molar-refractivity contribution in [3.63, 3.8) is 0 Å². The van der Waals surface area contributed by atoms with Gasteiger partial charge in [-0.25, -0.2) is 8.78 Å². The maximum absolute atomic E-state index is 13.4. The number of amides is 1. The van der Waals surface area contributed by atoms with Gasteiger partial charge in [-0.3, -0.25) is 4.79 Å². The Hall–Kier alpha value is -2.02. The summed E-state index contributed by atoms with van der Waals surface area (Å²) in [6, 6.07) is 10.3. The standard InChI is InChI=1S/C19H17ClF2N2OS/c1-24(2)15(11-3-5-12(21)6-4-11)10-23-19(25)18-17(20)14-8-7-13(22)9-16(14)26-18/h3-9,15H,10H2,1-2H3,(H,23,25). The van der Waals surface area contributed by atoms with Crippen LogP contribution < -0.4 is 5.32 Å². The highest BCUT2D eigenvalue weighted by atomic mass is 35.5. The van der Waals surface area contributed by atoms with Crippen LogP contribution in [0.4, 0.5) is 8.78 Å². The van der Waals surface area contributed by atoms with E-state index in [9.17, 15) is 13.6 Å². The first-order chi connectivity index (χ1) is 12.4. The van der Waals surface area contributed by atoms with Crippen molar-refractivity contribution < 1.29 is 13.6 Å². The lowest BCUT2D eigenvalue weighted by Crippen LogP contribution is -2.34. The number of nitrogens with one attached hydrogen (secondary N) is 1. The molecule has 0 aliphatic carbocycles. The summed E-state index contributed by atoms with van der Waals surface area (Å²) >= 11 is 7.45. The smallest absolute Gasteiger partial charge is 0.262 e. The molecule has 0 bridgehead atoms. The van der Waals surface area contributed by atoms with Crippen LogP contribution in [0.2, 0.25) is 5.02 Å². The maximum Gasteiger partial charge on any atom is 0.262 e. The molecule has 1 amide bonds. The second kappa shape index (κ2) is 7.70. The third-order valence-corrected chi connectivity index (χ3v) is 5.79. The minimum Gasteiger partial charge on any atom is -0.349 e. The molecule has 3 rings (SSSR count). The fourth-order valence-corrected chi connectivity index (χ4v) is 4.20. The third kappa shape index (κ3) is 3.87. The van der Waals surface area contributed by atoms with Gasteiger partial charge >= 0.3 is 0 Å². The van der Waals surface area contributed by atoms with Crippen molar-refractivity contribution in [2.45, 2.75) is 6.04 Å². The molecule has 26 heavy (non-hydrogen) atoms. The molecule has 136 valence electrons. The molecule has 3 aromatic rings. The Balaban J connectivity index is 1.78. The molecule has 7 heteroatoms. The van der Waals surface area contributed by atoms with Gasteiger partial charge in [-0.1, -0.05) is 23.7 Å². The summed E-state index contributed by atoms with van der Waals surface area (Å²) in [5.41, 5.74) is 0.890. The first-order valence-electron chi connectivity index (χ1n) is 7.94. The molecular weight excluding hydrogens is 378 g/mol. The van der Waals surface area contributed by atoms with Crippen molar-refractivity contribution in [3.05, 3.63) is 69.6 Å². The zero-order valence-electron chi connectivity index (χ0n) is 14.2. The summed E-state index contributed by atoms with van der Waals surface area (Å²) in [7, 11) is 3.77. The van der Waals surface area contributed by atoms with Gasteiger partial charge in [0, 0.05) is 16.6 Å². The van der Waals surface area contributed by atoms with Crippen LogP contribution >= 0.6 is 22.9 Å². The summed E-state index contributed by atoms with van der Waals surface area (Å²) in [6.07, 6.45) is 0. The zero-order valence-corrected chi connectivity index (χ0v) is 15.8. The van der Waals surface area contributed by atoms with Crippen LogP contribution in [-0.2, 0) is 0 Å². The highest BCUT2D eigenvalue weighted by Gasteiger charge is 2.20. The molecule has 0 saturated heterocycles. The molecular formula is C19H17ClF2N2OS. The average Bonchev–Trinajstić information content (AvgIpc) is 2.92. The average molecular weight is 395 g/mol. The van der Waals surface area contributed by atoms with Gasteiger partial charge in [0.05, 0.1) is 11.1 Å². The van der Waals surface area contributed by atoms with E-state index >= 15 is 0 Å². The molecule has 2 aromatic carbocycles. The molecule has 0 radical (unpaired) electrons. The van der Waals surface area contributed by atoms with Gasteiger partial charge in [0.1, 0.15) is 16.5 Å². The molecule has 1 N–H and O–H groups in total. The number of nitrogens with zero attached hydrogens (tertiary/aromatic N) is 1. The van der Waals surface area contributed by atoms with Crippen LogP contribution in [0, 0.1) is 11.6 Å². The van der Waals surface area contributed by atoms with E-state index in [-0.39, 0.29) is 23.6 Å². The van der Waals surface area contributed by atoms with E-state index in [1.807, 2.05) is 19.0 Å². The number of halogens is 3. The van der Waals surface area contributed by atoms with Crippen molar-refractivity contribution in [1.82, 2.24) is 10.2 Å². The minimum atomic E-state index is -0.369. The lowest BCUT2D eigenvalue weighted by molar-refractivity contribution is 0.0946. The topological polar surface area (TPSA) is 32.3 Å². The second-order valence-corrected chi connectivity index (χ2v) is 7.56. The molecule has 1 atom stereocenters. The summed E-state index contributed by atoms with van der Waals surface area (Å²) in [4.78, 5) is 14.9. The number of hydrogen-bond acceptors (Lipinski definition) is 3. The van der Waals surface area contributed by atoms with Crippen molar-refractivity contribution in [2.75, 3.05) is 20.6 Å². The van der Waals surface area contributed by atoms with Crippen LogP contribution in [0.25, 0.3) is 10.1 Å². The summed E-state index contributed by atoms with van der Waals surface area (Å²) in [6.45, 7) is 0.330. The van der Waals surface area contributed by atoms with Gasteiger partial charge in [-0.05, 0) is 50.0 Å². The lowest BCUT2D eigenvalue weighted by atomic mass is 10.1. The van der Waals surface area contributed by atoms with E-state index in [1.165, 1.54) is 24.3 Å². The lowest BCUT2D eigenvalue weighted by Gasteiger charge is -2.25. The molecule has 0 spiro atoms. The number of rotatable bonds is 5. The molecule has 1 heterocycles. The first-order valence-corrected chi connectivity index (χ1v) is 9.14. The zero-order chi connectivity index (χ0) is 18.8. The number of benzene rings is 2. The normalized spacial score (nSPS) is 12.5. The molecule has 0 aliphatic rings. The Bertz CT molecular complexity index is 941. The van der Waals surface area contributed by atoms with Gasteiger partial charge in [0.2, 0.25) is 0 Å². The Morgan fingerprint density at radius 2 is 1.81 bits per heavy atom. The molecule has 0 saturated carbocycles. The highest BCUT2D eigenvalue weighted by molar-refractivity contribution is 7.21. The number of thiophene rings is 1. The molecule has 0 aliphatic heterocycles. The van der Waals surface area contributed by atoms with Gasteiger partial charge in [0.25, 0.3) is 5.91 Å². The SMILES string of the molecule is CN(C)C(CNC(=O)c1sc2cc(F)ccc2c1Cl)c1ccc(F)cc1. The van der Waals surface area contributed by atoms with Crippen molar-refractivity contribution in [2.24, 2.45) is 0 Å². The fraction of sp³-hybridized carbons (Fsp3) is 0.211. The number of likely N-dealkylation sites (N-methyl/N-ethyl adjacent to an activating group) is 1. The minimum absolute atomic E-state index is 0.120. The monoisotopic (exact) mass is 394 g/mol. The fourth-order valence-electron chi connectivity index (χ4n) is 2.74. The van der Waals surface area contributed by atoms with Crippen molar-refractivity contribution >= 4 is 38.9 Å². The number of hydrogen-bond donors (Lipinski definition) is 1. The van der Waals surface area contributed by atoms with E-state index < -0.39 is 0 Å². The van der Waals surface area contributed by atoms with Crippen LogP contribution in [0.5, 0.6) is 0 Å². The van der Waals surface area contributed by atoms with E-state index in [1.54, 1.807) is 18.2 Å². The Kier molecular flexibility index (Phi) is 5.55. The highest BCUT2D eigenvalue weighted by Crippen LogP contribution is 2.35. The largest absolute Gasteiger partial charge is 0.349 e. The molecule has 1 aromatic heterocycles. The third-order valence-electron chi connectivity index (χ3n) is 4.13.